The average Bonchev–Trinajstić information content (AvgIpc) is 2.35. The molecule has 18 heavy (non-hydrogen) atoms. The Hall–Kier alpha value is -0.580. The average molecular weight is 265 g/mol. The van der Waals surface area contributed by atoms with Crippen LogP contribution in [0.5, 0.6) is 0 Å². The summed E-state index contributed by atoms with van der Waals surface area (Å²) in [7, 11) is 0. The van der Waals surface area contributed by atoms with Gasteiger partial charge >= 0.3 is 0 Å². The smallest absolute Gasteiger partial charge is 0.0541 e. The lowest BCUT2D eigenvalue weighted by Gasteiger charge is -2.34. The molecular formula is C14H23N3S. The van der Waals surface area contributed by atoms with Crippen molar-refractivity contribution in [3.8, 4) is 0 Å². The van der Waals surface area contributed by atoms with Crippen LogP contribution in [0.25, 0.3) is 0 Å². The molecule has 1 aromatic rings. The van der Waals surface area contributed by atoms with Gasteiger partial charge in [-0.1, -0.05) is 19.9 Å². The number of hydrogen-bond acceptors (Lipinski definition) is 4. The monoisotopic (exact) mass is 265 g/mol. The Balaban J connectivity index is 1.63. The zero-order valence-corrected chi connectivity index (χ0v) is 12.1. The molecule has 2 atom stereocenters. The molecule has 1 aromatic heterocycles. The van der Waals surface area contributed by atoms with E-state index in [0.29, 0.717) is 0 Å². The molecule has 0 saturated carbocycles. The van der Waals surface area contributed by atoms with Crippen molar-refractivity contribution >= 4 is 11.8 Å². The molecule has 0 aromatic carbocycles. The third-order valence-corrected chi connectivity index (χ3v) is 4.36. The Kier molecular flexibility index (Phi) is 5.47. The summed E-state index contributed by atoms with van der Waals surface area (Å²) in [5.41, 5.74) is 1.12. The largest absolute Gasteiger partial charge is 0.310 e. The summed E-state index contributed by atoms with van der Waals surface area (Å²) < 4.78 is 0. The molecule has 3 nitrogen and oxygen atoms in total. The van der Waals surface area contributed by atoms with E-state index in [1.54, 1.807) is 0 Å². The zero-order valence-electron chi connectivity index (χ0n) is 11.3. The number of rotatable bonds is 5. The molecule has 1 saturated heterocycles. The normalized spacial score (nSPS) is 25.2. The number of hydrogen-bond donors (Lipinski definition) is 1. The van der Waals surface area contributed by atoms with Gasteiger partial charge in [-0.25, -0.2) is 0 Å². The fourth-order valence-corrected chi connectivity index (χ4v) is 3.81. The molecule has 1 N–H and O–H groups in total. The van der Waals surface area contributed by atoms with Crippen molar-refractivity contribution in [1.82, 2.24) is 15.2 Å². The van der Waals surface area contributed by atoms with Crippen LogP contribution < -0.4 is 5.32 Å². The van der Waals surface area contributed by atoms with E-state index in [0.717, 1.165) is 35.8 Å². The quantitative estimate of drug-likeness (QED) is 0.824. The molecule has 0 aliphatic carbocycles. The van der Waals surface area contributed by atoms with E-state index < -0.39 is 0 Å². The van der Waals surface area contributed by atoms with Gasteiger partial charge in [-0.05, 0) is 12.1 Å². The lowest BCUT2D eigenvalue weighted by atomic mass is 10.3. The summed E-state index contributed by atoms with van der Waals surface area (Å²) in [5, 5.41) is 5.00. The Morgan fingerprint density at radius 1 is 1.33 bits per heavy atom. The van der Waals surface area contributed by atoms with Crippen LogP contribution in [0, 0.1) is 0 Å². The van der Waals surface area contributed by atoms with Gasteiger partial charge in [0.05, 0.1) is 5.69 Å². The van der Waals surface area contributed by atoms with Gasteiger partial charge in [0, 0.05) is 49.4 Å². The van der Waals surface area contributed by atoms with Crippen LogP contribution in [0.3, 0.4) is 0 Å². The molecule has 0 bridgehead atoms. The van der Waals surface area contributed by atoms with E-state index in [4.69, 9.17) is 0 Å². The lowest BCUT2D eigenvalue weighted by Crippen LogP contribution is -2.43. The molecule has 4 heteroatoms. The van der Waals surface area contributed by atoms with E-state index in [1.165, 1.54) is 13.1 Å². The molecule has 2 heterocycles. The Morgan fingerprint density at radius 2 is 2.11 bits per heavy atom. The Morgan fingerprint density at radius 3 is 2.78 bits per heavy atom. The summed E-state index contributed by atoms with van der Waals surface area (Å²) in [5.74, 6) is 0. The predicted molar refractivity (Wildman–Crippen MR) is 78.9 cm³/mol. The van der Waals surface area contributed by atoms with Crippen molar-refractivity contribution in [3.05, 3.63) is 30.1 Å². The first kappa shape index (κ1) is 13.8. The standard InChI is InChI=1S/C14H23N3S/c1-12-10-17(11-13(2)18-12)8-7-15-9-14-5-3-4-6-16-14/h3-6,12-13,15H,7-11H2,1-2H3. The van der Waals surface area contributed by atoms with Crippen molar-refractivity contribution in [2.45, 2.75) is 30.9 Å². The van der Waals surface area contributed by atoms with Gasteiger partial charge in [0.25, 0.3) is 0 Å². The topological polar surface area (TPSA) is 28.2 Å². The van der Waals surface area contributed by atoms with Crippen molar-refractivity contribution in [2.24, 2.45) is 0 Å². The van der Waals surface area contributed by atoms with Crippen LogP contribution in [0.15, 0.2) is 24.4 Å². The van der Waals surface area contributed by atoms with Crippen LogP contribution >= 0.6 is 11.8 Å². The molecule has 1 fully saturated rings. The highest BCUT2D eigenvalue weighted by molar-refractivity contribution is 8.00. The van der Waals surface area contributed by atoms with Crippen molar-refractivity contribution in [1.29, 1.82) is 0 Å². The highest BCUT2D eigenvalue weighted by Crippen LogP contribution is 2.24. The van der Waals surface area contributed by atoms with E-state index in [9.17, 15) is 0 Å². The summed E-state index contributed by atoms with van der Waals surface area (Å²) in [6.07, 6.45) is 1.85. The third-order valence-electron chi connectivity index (χ3n) is 3.13. The van der Waals surface area contributed by atoms with Gasteiger partial charge in [0.1, 0.15) is 0 Å². The summed E-state index contributed by atoms with van der Waals surface area (Å²) >= 11 is 2.11. The molecule has 0 spiro atoms. The van der Waals surface area contributed by atoms with Crippen LogP contribution in [-0.2, 0) is 6.54 Å². The van der Waals surface area contributed by atoms with Gasteiger partial charge in [0.15, 0.2) is 0 Å². The third kappa shape index (κ3) is 4.59. The first-order valence-electron chi connectivity index (χ1n) is 6.72. The number of nitrogens with one attached hydrogen (secondary N) is 1. The van der Waals surface area contributed by atoms with Gasteiger partial charge in [0.2, 0.25) is 0 Å². The second kappa shape index (κ2) is 7.12. The molecule has 0 radical (unpaired) electrons. The molecule has 1 aliphatic heterocycles. The fourth-order valence-electron chi connectivity index (χ4n) is 2.42. The lowest BCUT2D eigenvalue weighted by molar-refractivity contribution is 0.270. The molecule has 0 amide bonds. The van der Waals surface area contributed by atoms with Gasteiger partial charge in [-0.3, -0.25) is 9.88 Å². The number of nitrogens with zero attached hydrogens (tertiary/aromatic N) is 2. The van der Waals surface area contributed by atoms with E-state index in [-0.39, 0.29) is 0 Å². The molecular weight excluding hydrogens is 242 g/mol. The second-order valence-corrected chi connectivity index (χ2v) is 6.90. The maximum atomic E-state index is 4.31. The first-order chi connectivity index (χ1) is 8.74. The minimum Gasteiger partial charge on any atom is -0.310 e. The van der Waals surface area contributed by atoms with E-state index >= 15 is 0 Å². The molecule has 1 aliphatic rings. The number of thioether (sulfide) groups is 1. The van der Waals surface area contributed by atoms with E-state index in [2.05, 4.69) is 46.9 Å². The van der Waals surface area contributed by atoms with E-state index in [1.807, 2.05) is 18.3 Å². The summed E-state index contributed by atoms with van der Waals surface area (Å²) in [4.78, 5) is 6.87. The summed E-state index contributed by atoms with van der Waals surface area (Å²) in [6, 6.07) is 6.06. The van der Waals surface area contributed by atoms with Crippen molar-refractivity contribution < 1.29 is 0 Å². The second-order valence-electron chi connectivity index (χ2n) is 5.01. The minimum absolute atomic E-state index is 0.768. The SMILES string of the molecule is CC1CN(CCNCc2ccccn2)CC(C)S1. The Bertz CT molecular complexity index is 334. The zero-order chi connectivity index (χ0) is 12.8. The highest BCUT2D eigenvalue weighted by Gasteiger charge is 2.21. The van der Waals surface area contributed by atoms with Gasteiger partial charge in [-0.2, -0.15) is 11.8 Å². The molecule has 2 rings (SSSR count). The highest BCUT2D eigenvalue weighted by atomic mass is 32.2. The van der Waals surface area contributed by atoms with Crippen molar-refractivity contribution in [2.75, 3.05) is 26.2 Å². The summed E-state index contributed by atoms with van der Waals surface area (Å²) in [6.45, 7) is 10.2. The van der Waals surface area contributed by atoms with Crippen LogP contribution in [-0.4, -0.2) is 46.6 Å². The predicted octanol–water partition coefficient (Wildman–Crippen LogP) is 2.00. The fraction of sp³-hybridized carbons (Fsp3) is 0.643. The number of aromatic nitrogens is 1. The van der Waals surface area contributed by atoms with Gasteiger partial charge < -0.3 is 5.32 Å². The Labute approximate surface area is 114 Å². The number of pyridine rings is 1. The first-order valence-corrected chi connectivity index (χ1v) is 7.67. The van der Waals surface area contributed by atoms with Gasteiger partial charge in [-0.15, -0.1) is 0 Å². The minimum atomic E-state index is 0.768. The molecule has 2 unspecified atom stereocenters. The maximum absolute atomic E-state index is 4.31. The van der Waals surface area contributed by atoms with Crippen LogP contribution in [0.1, 0.15) is 19.5 Å². The van der Waals surface area contributed by atoms with Crippen molar-refractivity contribution in [3.63, 3.8) is 0 Å². The maximum Gasteiger partial charge on any atom is 0.0541 e. The van der Waals surface area contributed by atoms with Crippen LogP contribution in [0.4, 0.5) is 0 Å². The van der Waals surface area contributed by atoms with Crippen LogP contribution in [0.2, 0.25) is 0 Å². The molecule has 100 valence electrons.